The molecule has 0 unspecified atom stereocenters. The maximum Gasteiger partial charge on any atom is 0.173 e. The van der Waals surface area contributed by atoms with Crippen LogP contribution in [0.4, 0.5) is 5.69 Å². The molecule has 1 fully saturated rings. The van der Waals surface area contributed by atoms with Crippen molar-refractivity contribution in [3.05, 3.63) is 59.7 Å². The van der Waals surface area contributed by atoms with Crippen LogP contribution in [0.3, 0.4) is 0 Å². The predicted octanol–water partition coefficient (Wildman–Crippen LogP) is 4.90. The van der Waals surface area contributed by atoms with Crippen LogP contribution in [-0.2, 0) is 0 Å². The van der Waals surface area contributed by atoms with Crippen molar-refractivity contribution in [3.63, 3.8) is 0 Å². The molecule has 0 aromatic heterocycles. The van der Waals surface area contributed by atoms with Crippen molar-refractivity contribution < 1.29 is 0 Å². The van der Waals surface area contributed by atoms with Gasteiger partial charge >= 0.3 is 0 Å². The molecule has 0 radical (unpaired) electrons. The minimum Gasteiger partial charge on any atom is -0.348 e. The minimum absolute atomic E-state index is 0.577. The maximum absolute atomic E-state index is 5.61. The van der Waals surface area contributed by atoms with E-state index < -0.39 is 0 Å². The van der Waals surface area contributed by atoms with E-state index in [0.29, 0.717) is 5.92 Å². The highest BCUT2D eigenvalue weighted by atomic mass is 32.2. The molecule has 1 saturated heterocycles. The number of nitrogens with one attached hydrogen (secondary N) is 1. The molecule has 4 heteroatoms. The van der Waals surface area contributed by atoms with E-state index in [1.165, 1.54) is 16.0 Å². The number of thiocarbonyl (C=S) groups is 1. The molecule has 2 aromatic rings. The Labute approximate surface area is 148 Å². The van der Waals surface area contributed by atoms with Crippen molar-refractivity contribution in [2.24, 2.45) is 0 Å². The first kappa shape index (κ1) is 16.3. The van der Waals surface area contributed by atoms with Gasteiger partial charge in [-0.2, -0.15) is 0 Å². The van der Waals surface area contributed by atoms with Crippen LogP contribution in [-0.4, -0.2) is 29.4 Å². The number of hydrogen-bond donors (Lipinski definition) is 1. The first-order valence-corrected chi connectivity index (χ1v) is 9.55. The highest BCUT2D eigenvalue weighted by Gasteiger charge is 2.25. The Kier molecular flexibility index (Phi) is 5.23. The van der Waals surface area contributed by atoms with E-state index in [4.69, 9.17) is 12.2 Å². The van der Waals surface area contributed by atoms with Crippen LogP contribution in [0.25, 0.3) is 0 Å². The number of aryl methyl sites for hydroxylation is 1. The number of hydrogen-bond acceptors (Lipinski definition) is 2. The van der Waals surface area contributed by atoms with Crippen molar-refractivity contribution in [3.8, 4) is 0 Å². The summed E-state index contributed by atoms with van der Waals surface area (Å²) in [5, 5.41) is 4.22. The van der Waals surface area contributed by atoms with Crippen LogP contribution < -0.4 is 5.32 Å². The van der Waals surface area contributed by atoms with Crippen molar-refractivity contribution in [2.45, 2.75) is 24.2 Å². The normalized spacial score (nSPS) is 17.3. The molecular formula is C19H22N2S2. The van der Waals surface area contributed by atoms with Gasteiger partial charge in [0.05, 0.1) is 0 Å². The molecule has 0 aliphatic carbocycles. The second-order valence-electron chi connectivity index (χ2n) is 6.00. The molecule has 0 amide bonds. The fraction of sp³-hybridized carbons (Fsp3) is 0.316. The third-order valence-electron chi connectivity index (χ3n) is 4.35. The van der Waals surface area contributed by atoms with Gasteiger partial charge in [-0.25, -0.2) is 0 Å². The zero-order chi connectivity index (χ0) is 16.2. The Morgan fingerprint density at radius 3 is 2.74 bits per heavy atom. The molecule has 2 aromatic carbocycles. The lowest BCUT2D eigenvalue weighted by molar-refractivity contribution is 0.518. The van der Waals surface area contributed by atoms with E-state index in [1.54, 1.807) is 11.8 Å². The molecule has 0 spiro atoms. The summed E-state index contributed by atoms with van der Waals surface area (Å²) in [6.07, 6.45) is 3.25. The van der Waals surface area contributed by atoms with E-state index in [9.17, 15) is 0 Å². The van der Waals surface area contributed by atoms with E-state index >= 15 is 0 Å². The van der Waals surface area contributed by atoms with Gasteiger partial charge in [-0.3, -0.25) is 0 Å². The maximum atomic E-state index is 5.61. The van der Waals surface area contributed by atoms with Crippen LogP contribution in [0.15, 0.2) is 53.4 Å². The van der Waals surface area contributed by atoms with Gasteiger partial charge in [-0.1, -0.05) is 35.9 Å². The molecule has 2 nitrogen and oxygen atoms in total. The summed E-state index contributed by atoms with van der Waals surface area (Å²) >= 11 is 7.35. The summed E-state index contributed by atoms with van der Waals surface area (Å²) in [6, 6.07) is 17.3. The molecule has 1 N–H and O–H groups in total. The standard InChI is InChI=1S/C19H22N2S2/c1-14-6-8-15(9-7-14)16-10-11-21(13-16)19(22)20-17-4-3-5-18(12-17)23-2/h3-9,12,16H,10-11,13H2,1-2H3,(H,20,22)/t16-/m1/s1. The highest BCUT2D eigenvalue weighted by molar-refractivity contribution is 7.98. The van der Waals surface area contributed by atoms with Gasteiger partial charge in [0.2, 0.25) is 0 Å². The monoisotopic (exact) mass is 342 g/mol. The number of likely N-dealkylation sites (tertiary alicyclic amines) is 1. The fourth-order valence-corrected chi connectivity index (χ4v) is 3.70. The van der Waals surface area contributed by atoms with Crippen LogP contribution in [0.2, 0.25) is 0 Å². The first-order valence-electron chi connectivity index (χ1n) is 7.92. The van der Waals surface area contributed by atoms with Crippen molar-refractivity contribution in [1.82, 2.24) is 4.90 Å². The first-order chi connectivity index (χ1) is 11.2. The van der Waals surface area contributed by atoms with Gasteiger partial charge in [-0.15, -0.1) is 11.8 Å². The van der Waals surface area contributed by atoms with E-state index in [2.05, 4.69) is 71.9 Å². The smallest absolute Gasteiger partial charge is 0.173 e. The van der Waals surface area contributed by atoms with Gasteiger partial charge < -0.3 is 10.2 Å². The van der Waals surface area contributed by atoms with Gasteiger partial charge in [0.15, 0.2) is 5.11 Å². The van der Waals surface area contributed by atoms with Crippen LogP contribution in [0, 0.1) is 6.92 Å². The van der Waals surface area contributed by atoms with E-state index in [1.807, 2.05) is 0 Å². The molecule has 1 atom stereocenters. The van der Waals surface area contributed by atoms with Gasteiger partial charge in [0.1, 0.15) is 0 Å². The predicted molar refractivity (Wildman–Crippen MR) is 105 cm³/mol. The Bertz CT molecular complexity index is 682. The molecule has 120 valence electrons. The third-order valence-corrected chi connectivity index (χ3v) is 5.43. The second kappa shape index (κ2) is 7.37. The number of nitrogens with zero attached hydrogens (tertiary/aromatic N) is 1. The molecule has 0 saturated carbocycles. The lowest BCUT2D eigenvalue weighted by Gasteiger charge is -2.21. The van der Waals surface area contributed by atoms with Crippen LogP contribution in [0.1, 0.15) is 23.5 Å². The Hall–Kier alpha value is -1.52. The molecule has 23 heavy (non-hydrogen) atoms. The third kappa shape index (κ3) is 4.06. The second-order valence-corrected chi connectivity index (χ2v) is 7.27. The molecule has 1 heterocycles. The molecule has 1 aliphatic heterocycles. The Morgan fingerprint density at radius 1 is 1.22 bits per heavy atom. The minimum atomic E-state index is 0.577. The average Bonchev–Trinajstić information content (AvgIpc) is 3.06. The summed E-state index contributed by atoms with van der Waals surface area (Å²) in [7, 11) is 0. The zero-order valence-electron chi connectivity index (χ0n) is 13.6. The summed E-state index contributed by atoms with van der Waals surface area (Å²) in [5.41, 5.74) is 3.81. The van der Waals surface area contributed by atoms with Crippen LogP contribution in [0.5, 0.6) is 0 Å². The van der Waals surface area contributed by atoms with Crippen molar-refractivity contribution >= 4 is 34.8 Å². The quantitative estimate of drug-likeness (QED) is 0.630. The van der Waals surface area contributed by atoms with E-state index in [0.717, 1.165) is 30.3 Å². The highest BCUT2D eigenvalue weighted by Crippen LogP contribution is 2.28. The van der Waals surface area contributed by atoms with Crippen molar-refractivity contribution in [2.75, 3.05) is 24.7 Å². The summed E-state index contributed by atoms with van der Waals surface area (Å²) in [5.74, 6) is 0.577. The molecular weight excluding hydrogens is 320 g/mol. The molecule has 3 rings (SSSR count). The van der Waals surface area contributed by atoms with Gasteiger partial charge in [0.25, 0.3) is 0 Å². The average molecular weight is 343 g/mol. The van der Waals surface area contributed by atoms with Gasteiger partial charge in [0, 0.05) is 29.6 Å². The Balaban J connectivity index is 1.61. The summed E-state index contributed by atoms with van der Waals surface area (Å²) in [4.78, 5) is 3.53. The van der Waals surface area contributed by atoms with Crippen LogP contribution >= 0.6 is 24.0 Å². The van der Waals surface area contributed by atoms with Crippen molar-refractivity contribution in [1.29, 1.82) is 0 Å². The summed E-state index contributed by atoms with van der Waals surface area (Å²) < 4.78 is 0. The number of benzene rings is 2. The Morgan fingerprint density at radius 2 is 2.00 bits per heavy atom. The molecule has 0 bridgehead atoms. The lowest BCUT2D eigenvalue weighted by atomic mass is 9.98. The molecule has 1 aliphatic rings. The fourth-order valence-electron chi connectivity index (χ4n) is 2.96. The SMILES string of the molecule is CSc1cccc(NC(=S)N2CC[C@@H](c3ccc(C)cc3)C2)c1. The topological polar surface area (TPSA) is 15.3 Å². The zero-order valence-corrected chi connectivity index (χ0v) is 15.2. The van der Waals surface area contributed by atoms with E-state index in [-0.39, 0.29) is 0 Å². The largest absolute Gasteiger partial charge is 0.348 e. The lowest BCUT2D eigenvalue weighted by Crippen LogP contribution is -2.32. The number of rotatable bonds is 3. The number of anilines is 1. The summed E-state index contributed by atoms with van der Waals surface area (Å²) in [6.45, 7) is 4.15. The number of thioether (sulfide) groups is 1. The van der Waals surface area contributed by atoms with Gasteiger partial charge in [-0.05, 0) is 55.6 Å².